The number of hydrogen-bond donors (Lipinski definition) is 1. The number of nitrogens with one attached hydrogen (secondary N) is 1. The maximum atomic E-state index is 13.3. The molecule has 2 fully saturated rings. The number of hydrogen-bond acceptors (Lipinski definition) is 7. The lowest BCUT2D eigenvalue weighted by atomic mass is 9.92. The smallest absolute Gasteiger partial charge is 0.382 e. The molecule has 42 heavy (non-hydrogen) atoms. The zero-order valence-corrected chi connectivity index (χ0v) is 23.7. The molecule has 0 bridgehead atoms. The third-order valence-corrected chi connectivity index (χ3v) is 8.14. The van der Waals surface area contributed by atoms with Crippen LogP contribution in [-0.2, 0) is 15.7 Å². The number of carbonyl (C=O) groups is 1. The lowest BCUT2D eigenvalue weighted by molar-refractivity contribution is -0.388. The van der Waals surface area contributed by atoms with E-state index in [-0.39, 0.29) is 30.3 Å². The van der Waals surface area contributed by atoms with Crippen LogP contribution in [0.25, 0.3) is 10.9 Å². The summed E-state index contributed by atoms with van der Waals surface area (Å²) < 4.78 is 45.8. The molecule has 1 aromatic heterocycles. The molecule has 0 spiro atoms. The summed E-state index contributed by atoms with van der Waals surface area (Å²) >= 11 is 6.13. The van der Waals surface area contributed by atoms with E-state index in [0.29, 0.717) is 56.9 Å². The van der Waals surface area contributed by atoms with Gasteiger partial charge in [-0.05, 0) is 74.6 Å². The lowest BCUT2D eigenvalue weighted by Gasteiger charge is -2.36. The van der Waals surface area contributed by atoms with Crippen LogP contribution in [-0.4, -0.2) is 65.6 Å². The second-order valence-corrected chi connectivity index (χ2v) is 11.2. The SMILES string of the molecule is Cc1cc(N2CCN(C(=O)COC3CCC(Nc4ccc([N+](=O)[O-])c(C(F)(F)F)c4)CC3)CC2)nc2ccc(Cl)cc12. The fourth-order valence-electron chi connectivity index (χ4n) is 5.60. The van der Waals surface area contributed by atoms with Gasteiger partial charge in [-0.1, -0.05) is 11.6 Å². The molecule has 224 valence electrons. The van der Waals surface area contributed by atoms with Gasteiger partial charge in [0.25, 0.3) is 5.69 Å². The van der Waals surface area contributed by atoms with E-state index >= 15 is 0 Å². The Kier molecular flexibility index (Phi) is 8.74. The minimum Gasteiger partial charge on any atom is -0.382 e. The van der Waals surface area contributed by atoms with Gasteiger partial charge in [0.2, 0.25) is 5.91 Å². The molecule has 0 radical (unpaired) electrons. The molecule has 1 aliphatic heterocycles. The number of ether oxygens (including phenoxy) is 1. The summed E-state index contributed by atoms with van der Waals surface area (Å²) in [6, 6.07) is 10.5. The highest BCUT2D eigenvalue weighted by Gasteiger charge is 2.38. The fourth-order valence-corrected chi connectivity index (χ4v) is 5.77. The molecule has 13 heteroatoms. The highest BCUT2D eigenvalue weighted by Crippen LogP contribution is 2.38. The molecule has 1 saturated carbocycles. The van der Waals surface area contributed by atoms with Crippen LogP contribution >= 0.6 is 11.6 Å². The number of anilines is 2. The number of carbonyl (C=O) groups excluding carboxylic acids is 1. The van der Waals surface area contributed by atoms with Gasteiger partial charge in [-0.2, -0.15) is 13.2 Å². The van der Waals surface area contributed by atoms with Crippen LogP contribution in [0.4, 0.5) is 30.4 Å². The Morgan fingerprint density at radius 3 is 2.48 bits per heavy atom. The number of nitro benzene ring substituents is 1. The highest BCUT2D eigenvalue weighted by molar-refractivity contribution is 6.31. The van der Waals surface area contributed by atoms with Gasteiger partial charge < -0.3 is 19.9 Å². The van der Waals surface area contributed by atoms with E-state index in [1.807, 2.05) is 31.2 Å². The molecule has 0 atom stereocenters. The van der Waals surface area contributed by atoms with Crippen LogP contribution in [0.15, 0.2) is 42.5 Å². The number of benzene rings is 2. The molecule has 1 amide bonds. The molecular formula is C29H31ClF3N5O4. The summed E-state index contributed by atoms with van der Waals surface area (Å²) in [7, 11) is 0. The van der Waals surface area contributed by atoms with Crippen LogP contribution in [0.5, 0.6) is 0 Å². The maximum Gasteiger partial charge on any atom is 0.423 e. The molecule has 1 saturated heterocycles. The zero-order chi connectivity index (χ0) is 30.0. The van der Waals surface area contributed by atoms with Crippen molar-refractivity contribution in [3.63, 3.8) is 0 Å². The van der Waals surface area contributed by atoms with Gasteiger partial charge in [0.05, 0.1) is 16.5 Å². The molecular weight excluding hydrogens is 575 g/mol. The summed E-state index contributed by atoms with van der Waals surface area (Å²) in [5.41, 5.74) is -0.0893. The number of rotatable bonds is 7. The van der Waals surface area contributed by atoms with Crippen molar-refractivity contribution >= 4 is 45.6 Å². The van der Waals surface area contributed by atoms with Gasteiger partial charge in [0.1, 0.15) is 18.0 Å². The van der Waals surface area contributed by atoms with Crippen LogP contribution in [0.2, 0.25) is 5.02 Å². The zero-order valence-electron chi connectivity index (χ0n) is 23.0. The number of nitrogens with zero attached hydrogens (tertiary/aromatic N) is 4. The van der Waals surface area contributed by atoms with Gasteiger partial charge in [0, 0.05) is 54.4 Å². The van der Waals surface area contributed by atoms with E-state index in [1.54, 1.807) is 4.90 Å². The topological polar surface area (TPSA) is 101 Å². The number of amides is 1. The Labute approximate surface area is 245 Å². The number of aromatic nitrogens is 1. The van der Waals surface area contributed by atoms with Crippen molar-refractivity contribution in [2.45, 2.75) is 50.9 Å². The van der Waals surface area contributed by atoms with E-state index in [4.69, 9.17) is 21.3 Å². The van der Waals surface area contributed by atoms with E-state index in [0.717, 1.165) is 34.4 Å². The van der Waals surface area contributed by atoms with Crippen LogP contribution in [0.1, 0.15) is 36.8 Å². The van der Waals surface area contributed by atoms with Gasteiger partial charge in [0.15, 0.2) is 0 Å². The third kappa shape index (κ3) is 6.87. The number of fused-ring (bicyclic) bond motifs is 1. The van der Waals surface area contributed by atoms with E-state index in [1.165, 1.54) is 6.07 Å². The van der Waals surface area contributed by atoms with Crippen molar-refractivity contribution in [3.8, 4) is 0 Å². The van der Waals surface area contributed by atoms with Gasteiger partial charge in [-0.25, -0.2) is 4.98 Å². The Bertz CT molecular complexity index is 1470. The first-order valence-corrected chi connectivity index (χ1v) is 14.2. The summed E-state index contributed by atoms with van der Waals surface area (Å²) in [5.74, 6) is 0.803. The Balaban J connectivity index is 1.07. The van der Waals surface area contributed by atoms with E-state index < -0.39 is 22.4 Å². The number of nitro groups is 1. The number of pyridine rings is 1. The van der Waals surface area contributed by atoms with Crippen molar-refractivity contribution < 1.29 is 27.6 Å². The molecule has 2 aromatic carbocycles. The van der Waals surface area contributed by atoms with Crippen molar-refractivity contribution in [1.29, 1.82) is 0 Å². The molecule has 9 nitrogen and oxygen atoms in total. The Morgan fingerprint density at radius 2 is 1.81 bits per heavy atom. The average Bonchev–Trinajstić information content (AvgIpc) is 2.96. The Hall–Kier alpha value is -3.64. The standard InChI is InChI=1S/C29H31ClF3N5O4/c1-18-14-27(35-25-8-2-19(30)15-23(18)25)36-10-12-37(13-11-36)28(39)17-42-22-6-3-20(4-7-22)34-21-5-9-26(38(40)41)24(16-21)29(31,32)33/h2,5,8-9,14-16,20,22,34H,3-4,6-7,10-13,17H2,1H3. The first-order chi connectivity index (χ1) is 20.0. The van der Waals surface area contributed by atoms with Gasteiger partial charge in [-0.15, -0.1) is 0 Å². The van der Waals surface area contributed by atoms with Gasteiger partial charge >= 0.3 is 6.18 Å². The van der Waals surface area contributed by atoms with Crippen molar-refractivity contribution in [1.82, 2.24) is 9.88 Å². The number of aryl methyl sites for hydroxylation is 1. The van der Waals surface area contributed by atoms with Crippen LogP contribution in [0, 0.1) is 17.0 Å². The molecule has 1 aliphatic carbocycles. The fraction of sp³-hybridized carbons (Fsp3) is 0.448. The van der Waals surface area contributed by atoms with Crippen LogP contribution < -0.4 is 10.2 Å². The number of halogens is 4. The molecule has 3 aromatic rings. The largest absolute Gasteiger partial charge is 0.423 e. The summed E-state index contributed by atoms with van der Waals surface area (Å²) in [6.07, 6.45) is -2.37. The summed E-state index contributed by atoms with van der Waals surface area (Å²) in [6.45, 7) is 4.46. The second kappa shape index (κ2) is 12.3. The summed E-state index contributed by atoms with van der Waals surface area (Å²) in [5, 5.41) is 15.7. The molecule has 1 N–H and O–H groups in total. The normalized spacial score (nSPS) is 19.6. The lowest BCUT2D eigenvalue weighted by Crippen LogP contribution is -2.50. The van der Waals surface area contributed by atoms with Crippen molar-refractivity contribution in [2.24, 2.45) is 0 Å². The first kappa shape index (κ1) is 29.8. The second-order valence-electron chi connectivity index (χ2n) is 10.7. The van der Waals surface area contributed by atoms with Crippen molar-refractivity contribution in [3.05, 3.63) is 68.7 Å². The minimum absolute atomic E-state index is 0.0197. The monoisotopic (exact) mass is 605 g/mol. The molecule has 5 rings (SSSR count). The Morgan fingerprint density at radius 1 is 1.10 bits per heavy atom. The minimum atomic E-state index is -4.83. The maximum absolute atomic E-state index is 13.3. The predicted molar refractivity (Wildman–Crippen MR) is 154 cm³/mol. The number of piperazine rings is 1. The predicted octanol–water partition coefficient (Wildman–Crippen LogP) is 6.21. The summed E-state index contributed by atoms with van der Waals surface area (Å²) in [4.78, 5) is 31.5. The van der Waals surface area contributed by atoms with Crippen LogP contribution in [0.3, 0.4) is 0 Å². The van der Waals surface area contributed by atoms with Crippen molar-refractivity contribution in [2.75, 3.05) is 43.0 Å². The quantitative estimate of drug-likeness (QED) is 0.252. The number of alkyl halides is 3. The third-order valence-electron chi connectivity index (χ3n) is 7.91. The van der Waals surface area contributed by atoms with E-state index in [9.17, 15) is 28.1 Å². The van der Waals surface area contributed by atoms with E-state index in [2.05, 4.69) is 10.2 Å². The van der Waals surface area contributed by atoms with Gasteiger partial charge in [-0.3, -0.25) is 14.9 Å². The highest BCUT2D eigenvalue weighted by atomic mass is 35.5. The molecule has 2 heterocycles. The average molecular weight is 606 g/mol. The molecule has 0 unspecified atom stereocenters. The molecule has 2 aliphatic rings. The first-order valence-electron chi connectivity index (χ1n) is 13.8.